The Kier molecular flexibility index (Phi) is 7.87. The maximum Gasteiger partial charge on any atom is 0.251 e. The second-order valence-corrected chi connectivity index (χ2v) is 7.51. The highest BCUT2D eigenvalue weighted by atomic mass is 32.1. The van der Waals surface area contributed by atoms with Gasteiger partial charge in [-0.25, -0.2) is 4.99 Å². The molecule has 1 unspecified atom stereocenters. The van der Waals surface area contributed by atoms with Crippen molar-refractivity contribution in [2.45, 2.75) is 39.0 Å². The molecule has 1 fully saturated rings. The van der Waals surface area contributed by atoms with Gasteiger partial charge < -0.3 is 20.7 Å². The second kappa shape index (κ2) is 10.8. The van der Waals surface area contributed by atoms with Gasteiger partial charge in [-0.1, -0.05) is 12.1 Å². The summed E-state index contributed by atoms with van der Waals surface area (Å²) < 4.78 is 5.56. The molecule has 0 radical (unpaired) electrons. The summed E-state index contributed by atoms with van der Waals surface area (Å²) in [6.45, 7) is 5.44. The van der Waals surface area contributed by atoms with E-state index >= 15 is 0 Å². The van der Waals surface area contributed by atoms with Crippen LogP contribution in [0, 0.1) is 0 Å². The second-order valence-electron chi connectivity index (χ2n) is 6.73. The molecule has 1 amide bonds. The van der Waals surface area contributed by atoms with Crippen LogP contribution in [0.3, 0.4) is 0 Å². The van der Waals surface area contributed by atoms with Gasteiger partial charge in [-0.2, -0.15) is 11.3 Å². The van der Waals surface area contributed by atoms with E-state index in [1.54, 1.807) is 11.3 Å². The summed E-state index contributed by atoms with van der Waals surface area (Å²) in [5.74, 6) is 0.706. The third-order valence-electron chi connectivity index (χ3n) is 4.51. The molecule has 1 atom stereocenters. The van der Waals surface area contributed by atoms with Crippen molar-refractivity contribution in [1.82, 2.24) is 16.0 Å². The van der Waals surface area contributed by atoms with E-state index in [-0.39, 0.29) is 12.0 Å². The summed E-state index contributed by atoms with van der Waals surface area (Å²) in [6.07, 6.45) is 2.24. The third kappa shape index (κ3) is 6.35. The Morgan fingerprint density at radius 3 is 2.93 bits per heavy atom. The van der Waals surface area contributed by atoms with Crippen molar-refractivity contribution >= 4 is 23.2 Å². The standard InChI is InChI=1S/C21H28N4O2S/c1-2-22-21(25-13-17-8-10-28-15-17)24-12-16-5-3-6-18(11-16)20(26)23-14-19-7-4-9-27-19/h3,5-6,8,10-11,15,19H,2,4,7,9,12-14H2,1H3,(H,23,26)(H2,22,24,25). The average Bonchev–Trinajstić information content (AvgIpc) is 3.42. The van der Waals surface area contributed by atoms with Crippen molar-refractivity contribution in [3.8, 4) is 0 Å². The Bertz CT molecular complexity index is 770. The molecule has 1 aromatic heterocycles. The highest BCUT2D eigenvalue weighted by Gasteiger charge is 2.16. The number of hydrogen-bond acceptors (Lipinski definition) is 4. The van der Waals surface area contributed by atoms with Gasteiger partial charge in [0.05, 0.1) is 12.6 Å². The van der Waals surface area contributed by atoms with Crippen LogP contribution >= 0.6 is 11.3 Å². The average molecular weight is 401 g/mol. The number of benzene rings is 1. The molecule has 150 valence electrons. The molecule has 3 N–H and O–H groups in total. The maximum absolute atomic E-state index is 12.4. The molecule has 28 heavy (non-hydrogen) atoms. The number of hydrogen-bond donors (Lipinski definition) is 3. The first-order valence-corrected chi connectivity index (χ1v) is 10.7. The van der Waals surface area contributed by atoms with Gasteiger partial charge in [-0.05, 0) is 59.9 Å². The SMILES string of the molecule is CCNC(=NCc1ccsc1)NCc1cccc(C(=O)NCC2CCCO2)c1. The smallest absolute Gasteiger partial charge is 0.251 e. The maximum atomic E-state index is 12.4. The predicted molar refractivity (Wildman–Crippen MR) is 114 cm³/mol. The fraction of sp³-hybridized carbons (Fsp3) is 0.429. The molecule has 6 nitrogen and oxygen atoms in total. The van der Waals surface area contributed by atoms with E-state index in [9.17, 15) is 4.79 Å². The fourth-order valence-electron chi connectivity index (χ4n) is 3.02. The van der Waals surface area contributed by atoms with E-state index in [1.807, 2.05) is 31.2 Å². The normalized spacial score (nSPS) is 16.8. The molecule has 1 aliphatic heterocycles. The van der Waals surface area contributed by atoms with Crippen LogP contribution in [0.15, 0.2) is 46.1 Å². The lowest BCUT2D eigenvalue weighted by Crippen LogP contribution is -2.36. The number of thiophene rings is 1. The molecule has 2 aromatic rings. The van der Waals surface area contributed by atoms with E-state index in [1.165, 1.54) is 5.56 Å². The first-order chi connectivity index (χ1) is 13.7. The van der Waals surface area contributed by atoms with Gasteiger partial charge in [0.2, 0.25) is 0 Å². The molecule has 0 saturated carbocycles. The molecule has 1 aromatic carbocycles. The molecule has 1 saturated heterocycles. The van der Waals surface area contributed by atoms with E-state index in [0.717, 1.165) is 37.5 Å². The van der Waals surface area contributed by atoms with Crippen LogP contribution in [0.4, 0.5) is 0 Å². The molecule has 1 aliphatic rings. The lowest BCUT2D eigenvalue weighted by Gasteiger charge is -2.13. The molecule has 0 spiro atoms. The van der Waals surface area contributed by atoms with Crippen LogP contribution in [0.25, 0.3) is 0 Å². The number of aliphatic imine (C=N–C) groups is 1. The number of guanidine groups is 1. The minimum atomic E-state index is -0.0598. The van der Waals surface area contributed by atoms with Gasteiger partial charge in [0, 0.05) is 31.8 Å². The van der Waals surface area contributed by atoms with E-state index in [2.05, 4.69) is 37.8 Å². The van der Waals surface area contributed by atoms with Gasteiger partial charge in [-0.15, -0.1) is 0 Å². The quantitative estimate of drug-likeness (QED) is 0.470. The summed E-state index contributed by atoms with van der Waals surface area (Å²) >= 11 is 1.68. The van der Waals surface area contributed by atoms with Crippen LogP contribution in [-0.2, 0) is 17.8 Å². The molecular weight excluding hydrogens is 372 g/mol. The number of ether oxygens (including phenoxy) is 1. The molecule has 0 aliphatic carbocycles. The summed E-state index contributed by atoms with van der Waals surface area (Å²) in [4.78, 5) is 17.0. The highest BCUT2D eigenvalue weighted by Crippen LogP contribution is 2.11. The van der Waals surface area contributed by atoms with Gasteiger partial charge in [0.25, 0.3) is 5.91 Å². The Labute approximate surface area is 170 Å². The Hall–Kier alpha value is -2.38. The first kappa shape index (κ1) is 20.4. The zero-order chi connectivity index (χ0) is 19.6. The Morgan fingerprint density at radius 2 is 2.18 bits per heavy atom. The molecule has 2 heterocycles. The number of amides is 1. The molecule has 0 bridgehead atoms. The molecule has 7 heteroatoms. The Morgan fingerprint density at radius 1 is 1.25 bits per heavy atom. The third-order valence-corrected chi connectivity index (χ3v) is 5.24. The van der Waals surface area contributed by atoms with Crippen molar-refractivity contribution in [2.75, 3.05) is 19.7 Å². The number of nitrogens with one attached hydrogen (secondary N) is 3. The van der Waals surface area contributed by atoms with Crippen molar-refractivity contribution in [3.05, 3.63) is 57.8 Å². The number of carbonyl (C=O) groups excluding carboxylic acids is 1. The topological polar surface area (TPSA) is 74.8 Å². The summed E-state index contributed by atoms with van der Waals surface area (Å²) in [5.41, 5.74) is 2.90. The summed E-state index contributed by atoms with van der Waals surface area (Å²) in [5, 5.41) is 13.7. The van der Waals surface area contributed by atoms with Crippen LogP contribution in [0.5, 0.6) is 0 Å². The zero-order valence-corrected chi connectivity index (χ0v) is 17.1. The lowest BCUT2D eigenvalue weighted by molar-refractivity contribution is 0.0857. The van der Waals surface area contributed by atoms with Gasteiger partial charge in [0.15, 0.2) is 5.96 Å². The minimum Gasteiger partial charge on any atom is -0.376 e. The van der Waals surface area contributed by atoms with E-state index in [0.29, 0.717) is 25.2 Å². The lowest BCUT2D eigenvalue weighted by atomic mass is 10.1. The summed E-state index contributed by atoms with van der Waals surface area (Å²) in [6, 6.07) is 9.75. The van der Waals surface area contributed by atoms with Gasteiger partial charge >= 0.3 is 0 Å². The fourth-order valence-corrected chi connectivity index (χ4v) is 3.68. The number of carbonyl (C=O) groups is 1. The molecular formula is C21H28N4O2S. The van der Waals surface area contributed by atoms with Crippen molar-refractivity contribution in [3.63, 3.8) is 0 Å². The van der Waals surface area contributed by atoms with E-state index in [4.69, 9.17) is 4.74 Å². The first-order valence-electron chi connectivity index (χ1n) is 9.76. The van der Waals surface area contributed by atoms with Crippen molar-refractivity contribution < 1.29 is 9.53 Å². The van der Waals surface area contributed by atoms with E-state index < -0.39 is 0 Å². The van der Waals surface area contributed by atoms with Gasteiger partial charge in [0.1, 0.15) is 0 Å². The van der Waals surface area contributed by atoms with Crippen LogP contribution in [-0.4, -0.2) is 37.7 Å². The van der Waals surface area contributed by atoms with Crippen LogP contribution in [0.2, 0.25) is 0 Å². The van der Waals surface area contributed by atoms with Gasteiger partial charge in [-0.3, -0.25) is 4.79 Å². The Balaban J connectivity index is 1.53. The zero-order valence-electron chi connectivity index (χ0n) is 16.2. The number of nitrogens with zero attached hydrogens (tertiary/aromatic N) is 1. The minimum absolute atomic E-state index is 0.0598. The van der Waals surface area contributed by atoms with Crippen LogP contribution in [0.1, 0.15) is 41.3 Å². The monoisotopic (exact) mass is 400 g/mol. The molecule has 3 rings (SSSR count). The predicted octanol–water partition coefficient (Wildman–Crippen LogP) is 2.91. The number of rotatable bonds is 8. The summed E-state index contributed by atoms with van der Waals surface area (Å²) in [7, 11) is 0. The van der Waals surface area contributed by atoms with Crippen molar-refractivity contribution in [1.29, 1.82) is 0 Å². The van der Waals surface area contributed by atoms with Crippen molar-refractivity contribution in [2.24, 2.45) is 4.99 Å². The largest absolute Gasteiger partial charge is 0.376 e. The highest BCUT2D eigenvalue weighted by molar-refractivity contribution is 7.07. The van der Waals surface area contributed by atoms with Crippen LogP contribution < -0.4 is 16.0 Å².